The van der Waals surface area contributed by atoms with E-state index in [2.05, 4.69) is 52.5 Å². The molecule has 2 aliphatic carbocycles. The van der Waals surface area contributed by atoms with E-state index in [-0.39, 0.29) is 5.41 Å². The number of hydrogen-bond acceptors (Lipinski definition) is 0. The second-order valence-electron chi connectivity index (χ2n) is 6.74. The van der Waals surface area contributed by atoms with E-state index in [1.54, 1.807) is 21.6 Å². The standard InChI is InChI=1S/C16H26S/c1-11-10-15(17(5,6)7)14-9-8-13(14)12(2)16(11,3)4/h10H,8-9H2,1-7H3. The highest BCUT2D eigenvalue weighted by atomic mass is 32.3. The normalized spacial score (nSPS) is 25.0. The molecule has 0 amide bonds. The van der Waals surface area contributed by atoms with Gasteiger partial charge in [-0.1, -0.05) is 31.1 Å². The van der Waals surface area contributed by atoms with Crippen molar-refractivity contribution in [1.82, 2.24) is 0 Å². The molecule has 0 N–H and O–H groups in total. The van der Waals surface area contributed by atoms with Crippen LogP contribution in [0.2, 0.25) is 0 Å². The van der Waals surface area contributed by atoms with Crippen LogP contribution in [0.25, 0.3) is 0 Å². The van der Waals surface area contributed by atoms with Crippen LogP contribution in [0.3, 0.4) is 0 Å². The lowest BCUT2D eigenvalue weighted by atomic mass is 9.73. The maximum Gasteiger partial charge on any atom is 0.00679 e. The quantitative estimate of drug-likeness (QED) is 0.612. The fourth-order valence-corrected chi connectivity index (χ4v) is 4.24. The van der Waals surface area contributed by atoms with Gasteiger partial charge in [0.25, 0.3) is 0 Å². The zero-order chi connectivity index (χ0) is 13.0. The highest BCUT2D eigenvalue weighted by Gasteiger charge is 2.34. The van der Waals surface area contributed by atoms with Crippen molar-refractivity contribution in [1.29, 1.82) is 0 Å². The van der Waals surface area contributed by atoms with Crippen LogP contribution in [0, 0.1) is 5.41 Å². The van der Waals surface area contributed by atoms with Gasteiger partial charge in [0.15, 0.2) is 0 Å². The summed E-state index contributed by atoms with van der Waals surface area (Å²) in [6.45, 7) is 9.39. The molecule has 0 bridgehead atoms. The maximum atomic E-state index is 2.50. The van der Waals surface area contributed by atoms with Gasteiger partial charge in [0.2, 0.25) is 0 Å². The van der Waals surface area contributed by atoms with E-state index in [0.29, 0.717) is 0 Å². The second-order valence-corrected chi connectivity index (χ2v) is 10.8. The third kappa shape index (κ3) is 1.93. The second kappa shape index (κ2) is 3.78. The average molecular weight is 250 g/mol. The first kappa shape index (κ1) is 13.0. The minimum Gasteiger partial charge on any atom is -0.223 e. The topological polar surface area (TPSA) is 0 Å². The van der Waals surface area contributed by atoms with Crippen molar-refractivity contribution in [3.05, 3.63) is 33.3 Å². The van der Waals surface area contributed by atoms with Gasteiger partial charge in [-0.3, -0.25) is 0 Å². The summed E-state index contributed by atoms with van der Waals surface area (Å²) in [5, 5.41) is 0. The van der Waals surface area contributed by atoms with Crippen LogP contribution in [0.5, 0.6) is 0 Å². The molecule has 0 unspecified atom stereocenters. The molecular formula is C16H26S. The largest absolute Gasteiger partial charge is 0.223 e. The lowest BCUT2D eigenvalue weighted by Gasteiger charge is -2.35. The van der Waals surface area contributed by atoms with Crippen molar-refractivity contribution in [2.75, 3.05) is 18.8 Å². The Morgan fingerprint density at radius 1 is 1.00 bits per heavy atom. The molecule has 0 saturated heterocycles. The Bertz CT molecular complexity index is 450. The summed E-state index contributed by atoms with van der Waals surface area (Å²) in [7, 11) is -0.618. The van der Waals surface area contributed by atoms with Crippen molar-refractivity contribution >= 4 is 10.0 Å². The summed E-state index contributed by atoms with van der Waals surface area (Å²) in [5.41, 5.74) is 6.72. The van der Waals surface area contributed by atoms with Gasteiger partial charge in [-0.05, 0) is 61.5 Å². The van der Waals surface area contributed by atoms with Gasteiger partial charge in [-0.25, -0.2) is 10.0 Å². The van der Waals surface area contributed by atoms with Crippen LogP contribution in [0.1, 0.15) is 40.5 Å². The summed E-state index contributed by atoms with van der Waals surface area (Å²) in [4.78, 5) is 1.65. The molecule has 1 heteroatoms. The highest BCUT2D eigenvalue weighted by Crippen LogP contribution is 2.57. The van der Waals surface area contributed by atoms with E-state index in [9.17, 15) is 0 Å². The summed E-state index contributed by atoms with van der Waals surface area (Å²) in [6.07, 6.45) is 12.4. The Hall–Kier alpha value is -0.430. The Kier molecular flexibility index (Phi) is 2.89. The van der Waals surface area contributed by atoms with Gasteiger partial charge < -0.3 is 0 Å². The molecule has 0 heterocycles. The Labute approximate surface area is 108 Å². The minimum absolute atomic E-state index is 0.243. The van der Waals surface area contributed by atoms with E-state index >= 15 is 0 Å². The first-order valence-corrected chi connectivity index (χ1v) is 9.32. The Morgan fingerprint density at radius 3 is 1.94 bits per heavy atom. The van der Waals surface area contributed by atoms with Gasteiger partial charge >= 0.3 is 0 Å². The lowest BCUT2D eigenvalue weighted by Crippen LogP contribution is -2.18. The molecule has 0 aromatic carbocycles. The fraction of sp³-hybridized carbons (Fsp3) is 0.625. The summed E-state index contributed by atoms with van der Waals surface area (Å²) in [5.74, 6) is 0. The first-order valence-electron chi connectivity index (χ1n) is 6.46. The summed E-state index contributed by atoms with van der Waals surface area (Å²) in [6, 6.07) is 0. The molecule has 1 saturated carbocycles. The van der Waals surface area contributed by atoms with Crippen molar-refractivity contribution in [3.8, 4) is 0 Å². The van der Waals surface area contributed by atoms with E-state index < -0.39 is 10.0 Å². The van der Waals surface area contributed by atoms with Crippen LogP contribution >= 0.6 is 10.0 Å². The fourth-order valence-electron chi connectivity index (χ4n) is 2.74. The predicted molar refractivity (Wildman–Crippen MR) is 81.9 cm³/mol. The number of hydrogen-bond donors (Lipinski definition) is 0. The molecule has 0 aromatic heterocycles. The predicted octanol–water partition coefficient (Wildman–Crippen LogP) is 5.03. The third-order valence-corrected chi connectivity index (χ3v) is 6.35. The smallest absolute Gasteiger partial charge is 0.00679 e. The van der Waals surface area contributed by atoms with E-state index in [1.165, 1.54) is 18.4 Å². The molecule has 17 heavy (non-hydrogen) atoms. The lowest BCUT2D eigenvalue weighted by molar-refractivity contribution is 0.527. The van der Waals surface area contributed by atoms with E-state index in [0.717, 1.165) is 0 Å². The molecule has 1 fully saturated rings. The van der Waals surface area contributed by atoms with Crippen LogP contribution in [0.15, 0.2) is 33.3 Å². The van der Waals surface area contributed by atoms with Gasteiger partial charge in [0.05, 0.1) is 0 Å². The maximum absolute atomic E-state index is 2.50. The van der Waals surface area contributed by atoms with Crippen molar-refractivity contribution < 1.29 is 0 Å². The zero-order valence-electron chi connectivity index (χ0n) is 12.4. The van der Waals surface area contributed by atoms with Crippen LogP contribution < -0.4 is 0 Å². The van der Waals surface area contributed by atoms with Crippen LogP contribution in [-0.2, 0) is 0 Å². The highest BCUT2D eigenvalue weighted by molar-refractivity contribution is 8.35. The monoisotopic (exact) mass is 250 g/mol. The average Bonchev–Trinajstić information content (AvgIpc) is 2.15. The van der Waals surface area contributed by atoms with Crippen molar-refractivity contribution in [3.63, 3.8) is 0 Å². The molecule has 0 radical (unpaired) electrons. The zero-order valence-corrected chi connectivity index (χ0v) is 13.2. The van der Waals surface area contributed by atoms with Crippen molar-refractivity contribution in [2.45, 2.75) is 40.5 Å². The minimum atomic E-state index is -0.618. The molecule has 0 aliphatic heterocycles. The molecule has 2 rings (SSSR count). The molecule has 96 valence electrons. The number of fused-ring (bicyclic) bond motifs is 1. The SMILES string of the molecule is CC1=CC(S(C)(C)C)=C2CCC2=C(C)C1(C)C. The van der Waals surface area contributed by atoms with Gasteiger partial charge in [-0.2, -0.15) is 0 Å². The molecular weight excluding hydrogens is 224 g/mol. The summed E-state index contributed by atoms with van der Waals surface area (Å²) >= 11 is 0. The number of allylic oxidation sites excluding steroid dienone is 5. The van der Waals surface area contributed by atoms with E-state index in [1.807, 2.05) is 0 Å². The van der Waals surface area contributed by atoms with Gasteiger partial charge in [-0.15, -0.1) is 0 Å². The van der Waals surface area contributed by atoms with Crippen LogP contribution in [-0.4, -0.2) is 18.8 Å². The molecule has 0 nitrogen and oxygen atoms in total. The molecule has 2 aliphatic rings. The summed E-state index contributed by atoms with van der Waals surface area (Å²) < 4.78 is 0. The molecule has 0 atom stereocenters. The first-order chi connectivity index (χ1) is 7.65. The Morgan fingerprint density at radius 2 is 1.53 bits per heavy atom. The van der Waals surface area contributed by atoms with E-state index in [4.69, 9.17) is 0 Å². The van der Waals surface area contributed by atoms with Gasteiger partial charge in [0, 0.05) is 5.41 Å². The third-order valence-electron chi connectivity index (χ3n) is 4.67. The van der Waals surface area contributed by atoms with Crippen molar-refractivity contribution in [2.24, 2.45) is 5.41 Å². The Balaban J connectivity index is 2.67. The number of rotatable bonds is 1. The van der Waals surface area contributed by atoms with Gasteiger partial charge in [0.1, 0.15) is 0 Å². The molecule has 0 aromatic rings. The molecule has 0 spiro atoms. The van der Waals surface area contributed by atoms with Crippen LogP contribution in [0.4, 0.5) is 0 Å².